The molecule has 23 heavy (non-hydrogen) atoms. The molecule has 0 saturated heterocycles. The molecule has 0 amide bonds. The van der Waals surface area contributed by atoms with Crippen molar-refractivity contribution in [2.24, 2.45) is 4.99 Å². The molecule has 0 aliphatic heterocycles. The number of rotatable bonds is 9. The average molecular weight is 340 g/mol. The van der Waals surface area contributed by atoms with Gasteiger partial charge in [0.1, 0.15) is 0 Å². The molecular formula is C17H29N3O2S. The first-order chi connectivity index (χ1) is 11.0. The number of aliphatic imine (C=N–C) groups is 1. The normalized spacial score (nSPS) is 12.2. The fraction of sp³-hybridized carbons (Fsp3) is 0.588. The molecule has 5 nitrogen and oxygen atoms in total. The maximum Gasteiger partial charge on any atom is 0.191 e. The van der Waals surface area contributed by atoms with Gasteiger partial charge in [-0.25, -0.2) is 8.42 Å². The molecule has 0 atom stereocenters. The third kappa shape index (κ3) is 8.02. The van der Waals surface area contributed by atoms with Crippen molar-refractivity contribution in [3.05, 3.63) is 29.8 Å². The number of guanidine groups is 1. The van der Waals surface area contributed by atoms with Crippen molar-refractivity contribution >= 4 is 15.8 Å². The molecule has 1 rings (SSSR count). The molecule has 6 heteroatoms. The van der Waals surface area contributed by atoms with Crippen molar-refractivity contribution < 1.29 is 8.42 Å². The van der Waals surface area contributed by atoms with Gasteiger partial charge in [-0.15, -0.1) is 0 Å². The van der Waals surface area contributed by atoms with Crippen molar-refractivity contribution in [3.8, 4) is 0 Å². The second-order valence-electron chi connectivity index (χ2n) is 5.56. The van der Waals surface area contributed by atoms with Gasteiger partial charge < -0.3 is 10.6 Å². The van der Waals surface area contributed by atoms with E-state index in [1.807, 2.05) is 19.1 Å². The lowest BCUT2D eigenvalue weighted by atomic mass is 10.1. The molecule has 0 aliphatic carbocycles. The fourth-order valence-corrected chi connectivity index (χ4v) is 2.75. The zero-order valence-electron chi connectivity index (χ0n) is 14.4. The summed E-state index contributed by atoms with van der Waals surface area (Å²) in [6.07, 6.45) is 5.56. The second kappa shape index (κ2) is 10.3. The van der Waals surface area contributed by atoms with E-state index in [1.54, 1.807) is 12.1 Å². The van der Waals surface area contributed by atoms with Crippen LogP contribution in [0.4, 0.5) is 0 Å². The number of hydrogen-bond acceptors (Lipinski definition) is 3. The Morgan fingerprint density at radius 2 is 1.78 bits per heavy atom. The summed E-state index contributed by atoms with van der Waals surface area (Å²) < 4.78 is 22.9. The van der Waals surface area contributed by atoms with Gasteiger partial charge in [0.15, 0.2) is 15.8 Å². The van der Waals surface area contributed by atoms with Crippen molar-refractivity contribution in [3.63, 3.8) is 0 Å². The van der Waals surface area contributed by atoms with Crippen LogP contribution in [0, 0.1) is 0 Å². The SMILES string of the molecule is CCCCCN=C(NCC)NCCc1ccc(S(C)(=O)=O)cc1. The molecule has 0 aliphatic rings. The molecule has 0 saturated carbocycles. The van der Waals surface area contributed by atoms with E-state index >= 15 is 0 Å². The molecular weight excluding hydrogens is 310 g/mol. The highest BCUT2D eigenvalue weighted by molar-refractivity contribution is 7.90. The van der Waals surface area contributed by atoms with Gasteiger partial charge >= 0.3 is 0 Å². The number of unbranched alkanes of at least 4 members (excludes halogenated alkanes) is 2. The minimum absolute atomic E-state index is 0.361. The molecule has 0 unspecified atom stereocenters. The quantitative estimate of drug-likeness (QED) is 0.412. The highest BCUT2D eigenvalue weighted by Gasteiger charge is 2.06. The number of sulfone groups is 1. The summed E-state index contributed by atoms with van der Waals surface area (Å²) >= 11 is 0. The predicted octanol–water partition coefficient (Wildman–Crippen LogP) is 2.38. The summed E-state index contributed by atoms with van der Waals surface area (Å²) in [5.74, 6) is 0.844. The molecule has 1 aromatic carbocycles. The maximum absolute atomic E-state index is 11.4. The van der Waals surface area contributed by atoms with E-state index in [9.17, 15) is 8.42 Å². The fourth-order valence-electron chi connectivity index (χ4n) is 2.12. The van der Waals surface area contributed by atoms with Crippen molar-refractivity contribution in [1.82, 2.24) is 10.6 Å². The Morgan fingerprint density at radius 1 is 1.09 bits per heavy atom. The average Bonchev–Trinajstić information content (AvgIpc) is 2.51. The first-order valence-corrected chi connectivity index (χ1v) is 10.2. The summed E-state index contributed by atoms with van der Waals surface area (Å²) in [4.78, 5) is 4.90. The summed E-state index contributed by atoms with van der Waals surface area (Å²) in [6, 6.07) is 7.05. The van der Waals surface area contributed by atoms with E-state index in [2.05, 4.69) is 22.5 Å². The van der Waals surface area contributed by atoms with Gasteiger partial charge in [0.05, 0.1) is 4.90 Å². The van der Waals surface area contributed by atoms with Crippen LogP contribution >= 0.6 is 0 Å². The monoisotopic (exact) mass is 339 g/mol. The maximum atomic E-state index is 11.4. The van der Waals surface area contributed by atoms with E-state index in [0.29, 0.717) is 4.90 Å². The second-order valence-corrected chi connectivity index (χ2v) is 7.58. The van der Waals surface area contributed by atoms with Crippen LogP contribution in [0.5, 0.6) is 0 Å². The molecule has 0 fully saturated rings. The topological polar surface area (TPSA) is 70.6 Å². The molecule has 2 N–H and O–H groups in total. The van der Waals surface area contributed by atoms with Gasteiger partial charge in [0.2, 0.25) is 0 Å². The van der Waals surface area contributed by atoms with Crippen LogP contribution < -0.4 is 10.6 Å². The van der Waals surface area contributed by atoms with Crippen LogP contribution in [-0.2, 0) is 16.3 Å². The standard InChI is InChI=1S/C17H29N3O2S/c1-4-6-7-13-19-17(18-5-2)20-14-12-15-8-10-16(11-9-15)23(3,21)22/h8-11H,4-7,12-14H2,1-3H3,(H2,18,19,20). The van der Waals surface area contributed by atoms with Gasteiger partial charge in [-0.1, -0.05) is 31.9 Å². The van der Waals surface area contributed by atoms with Crippen LogP contribution in [0.1, 0.15) is 38.7 Å². The van der Waals surface area contributed by atoms with Gasteiger partial charge in [0.25, 0.3) is 0 Å². The molecule has 1 aromatic rings. The van der Waals surface area contributed by atoms with Crippen LogP contribution in [0.2, 0.25) is 0 Å². The Morgan fingerprint density at radius 3 is 2.35 bits per heavy atom. The summed E-state index contributed by atoms with van der Waals surface area (Å²) in [5, 5.41) is 6.55. The molecule has 130 valence electrons. The number of nitrogens with zero attached hydrogens (tertiary/aromatic N) is 1. The first-order valence-electron chi connectivity index (χ1n) is 8.28. The minimum Gasteiger partial charge on any atom is -0.357 e. The van der Waals surface area contributed by atoms with E-state index in [1.165, 1.54) is 19.1 Å². The summed E-state index contributed by atoms with van der Waals surface area (Å²) in [6.45, 7) is 6.67. The Kier molecular flexibility index (Phi) is 8.69. The Bertz CT molecular complexity index is 580. The zero-order chi connectivity index (χ0) is 17.1. The Labute approximate surface area is 140 Å². The van der Waals surface area contributed by atoms with Crippen LogP contribution in [0.25, 0.3) is 0 Å². The van der Waals surface area contributed by atoms with Crippen LogP contribution in [0.3, 0.4) is 0 Å². The van der Waals surface area contributed by atoms with Gasteiger partial charge in [-0.3, -0.25) is 4.99 Å². The van der Waals surface area contributed by atoms with E-state index in [-0.39, 0.29) is 0 Å². The van der Waals surface area contributed by atoms with Gasteiger partial charge in [-0.05, 0) is 37.5 Å². The van der Waals surface area contributed by atoms with Crippen molar-refractivity contribution in [1.29, 1.82) is 0 Å². The number of benzene rings is 1. The van der Waals surface area contributed by atoms with Gasteiger partial charge in [-0.2, -0.15) is 0 Å². The van der Waals surface area contributed by atoms with Crippen molar-refractivity contribution in [2.75, 3.05) is 25.9 Å². The zero-order valence-corrected chi connectivity index (χ0v) is 15.2. The lowest BCUT2D eigenvalue weighted by Gasteiger charge is -2.11. The Hall–Kier alpha value is -1.56. The summed E-state index contributed by atoms with van der Waals surface area (Å²) in [5.41, 5.74) is 1.10. The number of nitrogens with one attached hydrogen (secondary N) is 2. The van der Waals surface area contributed by atoms with E-state index < -0.39 is 9.84 Å². The minimum atomic E-state index is -3.12. The molecule has 0 spiro atoms. The van der Waals surface area contributed by atoms with E-state index in [4.69, 9.17) is 0 Å². The number of hydrogen-bond donors (Lipinski definition) is 2. The molecule has 0 aromatic heterocycles. The Balaban J connectivity index is 2.46. The highest BCUT2D eigenvalue weighted by Crippen LogP contribution is 2.10. The van der Waals surface area contributed by atoms with Gasteiger partial charge in [0, 0.05) is 25.9 Å². The highest BCUT2D eigenvalue weighted by atomic mass is 32.2. The molecule has 0 bridgehead atoms. The largest absolute Gasteiger partial charge is 0.357 e. The molecule has 0 heterocycles. The molecule has 0 radical (unpaired) electrons. The van der Waals surface area contributed by atoms with Crippen molar-refractivity contribution in [2.45, 2.75) is 44.4 Å². The first kappa shape index (κ1) is 19.5. The lowest BCUT2D eigenvalue weighted by Crippen LogP contribution is -2.38. The lowest BCUT2D eigenvalue weighted by molar-refractivity contribution is 0.602. The predicted molar refractivity (Wildman–Crippen MR) is 96.8 cm³/mol. The smallest absolute Gasteiger partial charge is 0.191 e. The van der Waals surface area contributed by atoms with Crippen LogP contribution in [-0.4, -0.2) is 40.3 Å². The summed E-state index contributed by atoms with van der Waals surface area (Å²) in [7, 11) is -3.12. The van der Waals surface area contributed by atoms with E-state index in [0.717, 1.165) is 44.0 Å². The third-order valence-electron chi connectivity index (χ3n) is 3.43. The third-order valence-corrected chi connectivity index (χ3v) is 4.56. The van der Waals surface area contributed by atoms with Crippen LogP contribution in [0.15, 0.2) is 34.2 Å².